The zero-order valence-electron chi connectivity index (χ0n) is 13.9. The van der Waals surface area contributed by atoms with E-state index in [4.69, 9.17) is 9.16 Å². The third-order valence-electron chi connectivity index (χ3n) is 3.75. The molecule has 0 radical (unpaired) electrons. The molecule has 0 spiro atoms. The van der Waals surface area contributed by atoms with Crippen molar-refractivity contribution in [3.05, 3.63) is 16.7 Å². The minimum atomic E-state index is -3.37. The second-order valence-electron chi connectivity index (χ2n) is 6.69. The average Bonchev–Trinajstić information content (AvgIpc) is 2.31. The summed E-state index contributed by atoms with van der Waals surface area (Å²) in [6, 6.07) is 3.06. The van der Waals surface area contributed by atoms with E-state index in [0.717, 1.165) is 6.26 Å². The van der Waals surface area contributed by atoms with Crippen molar-refractivity contribution >= 4 is 34.1 Å². The molecule has 1 heterocycles. The largest absolute Gasteiger partial charge is 0.491 e. The Kier molecular flexibility index (Phi) is 6.22. The van der Waals surface area contributed by atoms with Gasteiger partial charge in [-0.3, -0.25) is 0 Å². The maximum Gasteiger partial charge on any atom is 0.192 e. The van der Waals surface area contributed by atoms with Gasteiger partial charge >= 0.3 is 0 Å². The van der Waals surface area contributed by atoms with Crippen molar-refractivity contribution in [2.45, 2.75) is 43.9 Å². The molecule has 5 nitrogen and oxygen atoms in total. The van der Waals surface area contributed by atoms with Crippen LogP contribution in [0.1, 0.15) is 20.8 Å². The molecule has 0 aliphatic heterocycles. The molecule has 0 amide bonds. The molecule has 126 valence electrons. The van der Waals surface area contributed by atoms with Crippen molar-refractivity contribution in [2.24, 2.45) is 0 Å². The Morgan fingerprint density at radius 3 is 2.32 bits per heavy atom. The van der Waals surface area contributed by atoms with Gasteiger partial charge in [-0.15, -0.1) is 0 Å². The Labute approximate surface area is 142 Å². The van der Waals surface area contributed by atoms with E-state index < -0.39 is 18.2 Å². The van der Waals surface area contributed by atoms with E-state index in [0.29, 0.717) is 23.6 Å². The molecule has 0 aliphatic rings. The van der Waals surface area contributed by atoms with Gasteiger partial charge in [-0.1, -0.05) is 20.8 Å². The van der Waals surface area contributed by atoms with E-state index in [1.165, 1.54) is 6.07 Å². The summed E-state index contributed by atoms with van der Waals surface area (Å²) in [4.78, 5) is 3.93. The Hall–Kier alpha value is -0.443. The second kappa shape index (κ2) is 6.98. The zero-order chi connectivity index (χ0) is 17.2. The predicted octanol–water partition coefficient (Wildman–Crippen LogP) is 3.65. The molecule has 8 heteroatoms. The van der Waals surface area contributed by atoms with Crippen LogP contribution in [0.2, 0.25) is 18.1 Å². The van der Waals surface area contributed by atoms with Crippen molar-refractivity contribution in [1.29, 1.82) is 0 Å². The van der Waals surface area contributed by atoms with Crippen LogP contribution < -0.4 is 4.74 Å². The fraction of sp³-hybridized carbons (Fsp3) is 0.643. The molecule has 0 fully saturated rings. The maximum atomic E-state index is 11.6. The number of hydrogen-bond acceptors (Lipinski definition) is 5. The average molecular weight is 410 g/mol. The summed E-state index contributed by atoms with van der Waals surface area (Å²) >= 11 is 3.19. The SMILES string of the molecule is CC(C)(C)[Si](C)(C)OCCOc1cc(Br)nc(S(C)(=O)=O)c1. The molecule has 0 aromatic carbocycles. The highest BCUT2D eigenvalue weighted by molar-refractivity contribution is 9.10. The molecule has 0 aliphatic carbocycles. The predicted molar refractivity (Wildman–Crippen MR) is 93.7 cm³/mol. The fourth-order valence-corrected chi connectivity index (χ4v) is 3.55. The van der Waals surface area contributed by atoms with Crippen LogP contribution in [0.15, 0.2) is 21.8 Å². The van der Waals surface area contributed by atoms with E-state index in [-0.39, 0.29) is 10.1 Å². The van der Waals surface area contributed by atoms with Gasteiger partial charge in [-0.2, -0.15) is 0 Å². The highest BCUT2D eigenvalue weighted by atomic mass is 79.9. The van der Waals surface area contributed by atoms with E-state index in [1.807, 2.05) is 0 Å². The van der Waals surface area contributed by atoms with Crippen LogP contribution in [0.25, 0.3) is 0 Å². The first kappa shape index (κ1) is 19.6. The summed E-state index contributed by atoms with van der Waals surface area (Å²) in [5.41, 5.74) is 0. The van der Waals surface area contributed by atoms with Gasteiger partial charge in [0.1, 0.15) is 17.0 Å². The lowest BCUT2D eigenvalue weighted by molar-refractivity contribution is 0.203. The molecule has 0 unspecified atom stereocenters. The van der Waals surface area contributed by atoms with Crippen LogP contribution in [0.4, 0.5) is 0 Å². The minimum absolute atomic E-state index is 0.0119. The van der Waals surface area contributed by atoms with E-state index in [2.05, 4.69) is 54.8 Å². The van der Waals surface area contributed by atoms with Crippen LogP contribution in [-0.2, 0) is 14.3 Å². The summed E-state index contributed by atoms with van der Waals surface area (Å²) in [6.07, 6.45) is 1.12. The first-order valence-corrected chi connectivity index (χ1v) is 12.6. The fourth-order valence-electron chi connectivity index (χ4n) is 1.40. The Morgan fingerprint density at radius 1 is 1.23 bits per heavy atom. The van der Waals surface area contributed by atoms with Gasteiger partial charge in [0, 0.05) is 18.4 Å². The van der Waals surface area contributed by atoms with E-state index in [9.17, 15) is 8.42 Å². The maximum absolute atomic E-state index is 11.6. The highest BCUT2D eigenvalue weighted by Gasteiger charge is 2.36. The Morgan fingerprint density at radius 2 is 1.82 bits per heavy atom. The summed E-state index contributed by atoms with van der Waals surface area (Å²) in [7, 11) is -5.16. The molecule has 0 atom stereocenters. The summed E-state index contributed by atoms with van der Waals surface area (Å²) in [6.45, 7) is 11.7. The quantitative estimate of drug-likeness (QED) is 0.407. The molecule has 22 heavy (non-hydrogen) atoms. The standard InChI is InChI=1S/C14H24BrNO4SSi/c1-14(2,3)22(5,6)20-8-7-19-11-9-12(15)16-13(10-11)21(4,17)18/h9-10H,7-8H2,1-6H3. The number of aromatic nitrogens is 1. The molecule has 1 aromatic heterocycles. The highest BCUT2D eigenvalue weighted by Crippen LogP contribution is 2.36. The van der Waals surface area contributed by atoms with Crippen molar-refractivity contribution < 1.29 is 17.6 Å². The van der Waals surface area contributed by atoms with Crippen molar-refractivity contribution in [2.75, 3.05) is 19.5 Å². The number of halogens is 1. The van der Waals surface area contributed by atoms with Crippen LogP contribution in [0.3, 0.4) is 0 Å². The first-order valence-electron chi connectivity index (χ1n) is 6.97. The first-order chi connectivity index (χ1) is 9.83. The number of nitrogens with zero attached hydrogens (tertiary/aromatic N) is 1. The molecule has 0 saturated carbocycles. The van der Waals surface area contributed by atoms with Crippen molar-refractivity contribution in [3.8, 4) is 5.75 Å². The lowest BCUT2D eigenvalue weighted by Gasteiger charge is -2.36. The molecule has 1 rings (SSSR count). The van der Waals surface area contributed by atoms with Gasteiger partial charge in [-0.05, 0) is 34.1 Å². The molecule has 0 N–H and O–H groups in total. The normalized spacial score (nSPS) is 13.2. The van der Waals surface area contributed by atoms with Crippen LogP contribution in [0.5, 0.6) is 5.75 Å². The minimum Gasteiger partial charge on any atom is -0.491 e. The number of ether oxygens (including phenoxy) is 1. The van der Waals surface area contributed by atoms with Gasteiger partial charge in [0.2, 0.25) is 0 Å². The topological polar surface area (TPSA) is 65.5 Å². The molecule has 1 aromatic rings. The summed E-state index contributed by atoms with van der Waals surface area (Å²) in [5, 5.41) is 0.137. The monoisotopic (exact) mass is 409 g/mol. The van der Waals surface area contributed by atoms with Gasteiger partial charge < -0.3 is 9.16 Å². The second-order valence-corrected chi connectivity index (χ2v) is 14.3. The Balaban J connectivity index is 2.65. The van der Waals surface area contributed by atoms with Gasteiger partial charge in [-0.25, -0.2) is 13.4 Å². The molecular weight excluding hydrogens is 386 g/mol. The third-order valence-corrected chi connectivity index (χ3v) is 9.66. The molecular formula is C14H24BrNO4SSi. The number of rotatable bonds is 6. The Bertz CT molecular complexity index is 626. The molecule has 0 bridgehead atoms. The lowest BCUT2D eigenvalue weighted by atomic mass is 10.2. The molecule has 0 saturated heterocycles. The number of sulfone groups is 1. The van der Waals surface area contributed by atoms with E-state index in [1.54, 1.807) is 6.07 Å². The summed E-state index contributed by atoms with van der Waals surface area (Å²) < 4.78 is 35.1. The zero-order valence-corrected chi connectivity index (χ0v) is 17.3. The lowest BCUT2D eigenvalue weighted by Crippen LogP contribution is -2.41. The smallest absolute Gasteiger partial charge is 0.192 e. The number of hydrogen-bond donors (Lipinski definition) is 0. The summed E-state index contributed by atoms with van der Waals surface area (Å²) in [5.74, 6) is 0.459. The van der Waals surface area contributed by atoms with E-state index >= 15 is 0 Å². The third kappa shape index (κ3) is 5.64. The van der Waals surface area contributed by atoms with Gasteiger partial charge in [0.05, 0.1) is 6.61 Å². The van der Waals surface area contributed by atoms with Crippen LogP contribution in [-0.4, -0.2) is 41.2 Å². The van der Waals surface area contributed by atoms with Gasteiger partial charge in [0.15, 0.2) is 23.2 Å². The van der Waals surface area contributed by atoms with Crippen LogP contribution >= 0.6 is 15.9 Å². The van der Waals surface area contributed by atoms with Crippen molar-refractivity contribution in [1.82, 2.24) is 4.98 Å². The number of pyridine rings is 1. The van der Waals surface area contributed by atoms with Crippen LogP contribution in [0, 0.1) is 0 Å². The van der Waals surface area contributed by atoms with Crippen molar-refractivity contribution in [3.63, 3.8) is 0 Å². The van der Waals surface area contributed by atoms with Gasteiger partial charge in [0.25, 0.3) is 0 Å².